The number of hydrogen-bond donors (Lipinski definition) is 0. The number of hydrogen-bond acceptors (Lipinski definition) is 6. The summed E-state index contributed by atoms with van der Waals surface area (Å²) in [4.78, 5) is 19.8. The standard InChI is InChI=1S/C26H33N3O4/c1-31-23-4-2-3-22(17-23)28-9-7-20(8-10-28)16-26(30)29-13-11-27(12-14-29)18-21-5-6-24-25(15-21)33-19-32-24/h2-6,15,17,20H,7-14,16,18-19H2,1H3. The molecule has 3 heterocycles. The van der Waals surface area contributed by atoms with E-state index >= 15 is 0 Å². The van der Waals surface area contributed by atoms with E-state index in [0.29, 0.717) is 25.0 Å². The van der Waals surface area contributed by atoms with Crippen molar-refractivity contribution in [2.24, 2.45) is 5.92 Å². The van der Waals surface area contributed by atoms with Gasteiger partial charge < -0.3 is 24.0 Å². The van der Waals surface area contributed by atoms with Crippen molar-refractivity contribution < 1.29 is 19.0 Å². The average molecular weight is 452 g/mol. The molecule has 0 aliphatic carbocycles. The summed E-state index contributed by atoms with van der Waals surface area (Å²) in [5, 5.41) is 0. The minimum absolute atomic E-state index is 0.305. The van der Waals surface area contributed by atoms with Crippen molar-refractivity contribution in [2.45, 2.75) is 25.8 Å². The second kappa shape index (κ2) is 9.91. The second-order valence-corrected chi connectivity index (χ2v) is 9.18. The second-order valence-electron chi connectivity index (χ2n) is 9.18. The first kappa shape index (κ1) is 21.9. The van der Waals surface area contributed by atoms with E-state index in [1.54, 1.807) is 7.11 Å². The van der Waals surface area contributed by atoms with E-state index in [-0.39, 0.29) is 0 Å². The largest absolute Gasteiger partial charge is 0.497 e. The van der Waals surface area contributed by atoms with Crippen molar-refractivity contribution >= 4 is 11.6 Å². The number of piperazine rings is 1. The van der Waals surface area contributed by atoms with E-state index < -0.39 is 0 Å². The Morgan fingerprint density at radius 2 is 1.76 bits per heavy atom. The topological polar surface area (TPSA) is 54.5 Å². The molecule has 3 aliphatic heterocycles. The minimum Gasteiger partial charge on any atom is -0.497 e. The lowest BCUT2D eigenvalue weighted by Gasteiger charge is -2.37. The summed E-state index contributed by atoms with van der Waals surface area (Å²) >= 11 is 0. The fourth-order valence-electron chi connectivity index (χ4n) is 5.03. The molecule has 2 saturated heterocycles. The van der Waals surface area contributed by atoms with E-state index in [4.69, 9.17) is 14.2 Å². The Kier molecular flexibility index (Phi) is 6.58. The minimum atomic E-state index is 0.305. The number of anilines is 1. The molecule has 0 aromatic heterocycles. The molecule has 33 heavy (non-hydrogen) atoms. The highest BCUT2D eigenvalue weighted by molar-refractivity contribution is 5.76. The molecule has 2 aromatic carbocycles. The fourth-order valence-corrected chi connectivity index (χ4v) is 5.03. The van der Waals surface area contributed by atoms with Crippen LogP contribution in [0.3, 0.4) is 0 Å². The summed E-state index contributed by atoms with van der Waals surface area (Å²) in [5.41, 5.74) is 2.43. The van der Waals surface area contributed by atoms with Crippen LogP contribution in [0, 0.1) is 5.92 Å². The van der Waals surface area contributed by atoms with Gasteiger partial charge in [-0.25, -0.2) is 0 Å². The number of ether oxygens (including phenoxy) is 3. The number of rotatable bonds is 6. The van der Waals surface area contributed by atoms with Gasteiger partial charge in [0.05, 0.1) is 7.11 Å². The summed E-state index contributed by atoms with van der Waals surface area (Å²) in [5.74, 6) is 3.34. The van der Waals surface area contributed by atoms with Crippen molar-refractivity contribution in [1.29, 1.82) is 0 Å². The van der Waals surface area contributed by atoms with Crippen molar-refractivity contribution in [3.63, 3.8) is 0 Å². The number of benzene rings is 2. The van der Waals surface area contributed by atoms with Crippen LogP contribution in [0.25, 0.3) is 0 Å². The predicted molar refractivity (Wildman–Crippen MR) is 127 cm³/mol. The highest BCUT2D eigenvalue weighted by Crippen LogP contribution is 2.33. The zero-order valence-corrected chi connectivity index (χ0v) is 19.4. The molecule has 0 unspecified atom stereocenters. The smallest absolute Gasteiger partial charge is 0.231 e. The molecule has 5 rings (SSSR count). The van der Waals surface area contributed by atoms with Crippen LogP contribution in [0.4, 0.5) is 5.69 Å². The van der Waals surface area contributed by atoms with Crippen LogP contribution in [0.1, 0.15) is 24.8 Å². The summed E-state index contributed by atoms with van der Waals surface area (Å²) in [7, 11) is 1.70. The van der Waals surface area contributed by atoms with Crippen LogP contribution < -0.4 is 19.1 Å². The Morgan fingerprint density at radius 1 is 0.970 bits per heavy atom. The summed E-state index contributed by atoms with van der Waals surface area (Å²) in [6, 6.07) is 14.4. The molecule has 1 amide bonds. The molecule has 2 fully saturated rings. The monoisotopic (exact) mass is 451 g/mol. The van der Waals surface area contributed by atoms with E-state index in [1.807, 2.05) is 18.2 Å². The Bertz CT molecular complexity index is 966. The molecule has 0 N–H and O–H groups in total. The van der Waals surface area contributed by atoms with Gasteiger partial charge in [-0.2, -0.15) is 0 Å². The third-order valence-corrected chi connectivity index (χ3v) is 7.06. The number of piperidine rings is 1. The van der Waals surface area contributed by atoms with Crippen LogP contribution in [-0.4, -0.2) is 68.9 Å². The number of carbonyl (C=O) groups is 1. The normalized spacial score (nSPS) is 19.1. The van der Waals surface area contributed by atoms with Gasteiger partial charge in [0, 0.05) is 64.0 Å². The molecule has 2 aromatic rings. The summed E-state index contributed by atoms with van der Waals surface area (Å²) in [6.45, 7) is 6.62. The van der Waals surface area contributed by atoms with Gasteiger partial charge in [-0.15, -0.1) is 0 Å². The molecule has 0 radical (unpaired) electrons. The van der Waals surface area contributed by atoms with Gasteiger partial charge in [0.15, 0.2) is 11.5 Å². The molecule has 176 valence electrons. The average Bonchev–Trinajstić information content (AvgIpc) is 3.33. The molecule has 0 spiro atoms. The number of nitrogens with zero attached hydrogens (tertiary/aromatic N) is 3. The number of fused-ring (bicyclic) bond motifs is 1. The van der Waals surface area contributed by atoms with Crippen LogP contribution in [-0.2, 0) is 11.3 Å². The van der Waals surface area contributed by atoms with Crippen molar-refractivity contribution in [3.05, 3.63) is 48.0 Å². The molecule has 7 heteroatoms. The van der Waals surface area contributed by atoms with Crippen LogP contribution in [0.5, 0.6) is 17.2 Å². The Labute approximate surface area is 195 Å². The Morgan fingerprint density at radius 3 is 2.55 bits per heavy atom. The molecule has 0 bridgehead atoms. The molecule has 3 aliphatic rings. The SMILES string of the molecule is COc1cccc(N2CCC(CC(=O)N3CCN(Cc4ccc5c(c4)OCO5)CC3)CC2)c1. The maximum absolute atomic E-state index is 12.9. The molecule has 0 saturated carbocycles. The van der Waals surface area contributed by atoms with E-state index in [0.717, 1.165) is 75.9 Å². The number of methoxy groups -OCH3 is 1. The lowest BCUT2D eigenvalue weighted by molar-refractivity contribution is -0.134. The number of amides is 1. The fraction of sp³-hybridized carbons (Fsp3) is 0.500. The van der Waals surface area contributed by atoms with Gasteiger partial charge in [-0.05, 0) is 48.6 Å². The van der Waals surface area contributed by atoms with Crippen LogP contribution in [0.2, 0.25) is 0 Å². The molecule has 7 nitrogen and oxygen atoms in total. The van der Waals surface area contributed by atoms with E-state index in [1.165, 1.54) is 11.3 Å². The van der Waals surface area contributed by atoms with Gasteiger partial charge in [0.1, 0.15) is 5.75 Å². The highest BCUT2D eigenvalue weighted by Gasteiger charge is 2.26. The number of carbonyl (C=O) groups excluding carboxylic acids is 1. The van der Waals surface area contributed by atoms with Gasteiger partial charge in [-0.1, -0.05) is 12.1 Å². The molecular formula is C26H33N3O4. The Balaban J connectivity index is 1.05. The van der Waals surface area contributed by atoms with Gasteiger partial charge >= 0.3 is 0 Å². The van der Waals surface area contributed by atoms with Gasteiger partial charge in [0.2, 0.25) is 12.7 Å². The van der Waals surface area contributed by atoms with Crippen molar-refractivity contribution in [3.8, 4) is 17.2 Å². The van der Waals surface area contributed by atoms with E-state index in [9.17, 15) is 4.79 Å². The first-order valence-electron chi connectivity index (χ1n) is 12.0. The zero-order chi connectivity index (χ0) is 22.6. The molecule has 0 atom stereocenters. The van der Waals surface area contributed by atoms with Gasteiger partial charge in [-0.3, -0.25) is 9.69 Å². The lowest BCUT2D eigenvalue weighted by Crippen LogP contribution is -2.48. The highest BCUT2D eigenvalue weighted by atomic mass is 16.7. The van der Waals surface area contributed by atoms with Gasteiger partial charge in [0.25, 0.3) is 0 Å². The maximum Gasteiger partial charge on any atom is 0.231 e. The van der Waals surface area contributed by atoms with E-state index in [2.05, 4.69) is 39.0 Å². The zero-order valence-electron chi connectivity index (χ0n) is 19.4. The van der Waals surface area contributed by atoms with Crippen molar-refractivity contribution in [1.82, 2.24) is 9.80 Å². The third-order valence-electron chi connectivity index (χ3n) is 7.06. The first-order valence-corrected chi connectivity index (χ1v) is 12.0. The summed E-state index contributed by atoms with van der Waals surface area (Å²) in [6.07, 6.45) is 2.80. The quantitative estimate of drug-likeness (QED) is 0.671. The third kappa shape index (κ3) is 5.19. The first-order chi connectivity index (χ1) is 16.2. The lowest BCUT2D eigenvalue weighted by atomic mass is 9.92. The van der Waals surface area contributed by atoms with Crippen LogP contribution in [0.15, 0.2) is 42.5 Å². The predicted octanol–water partition coefficient (Wildman–Crippen LogP) is 3.37. The Hall–Kier alpha value is -2.93. The molecular weight excluding hydrogens is 418 g/mol. The summed E-state index contributed by atoms with van der Waals surface area (Å²) < 4.78 is 16.2. The van der Waals surface area contributed by atoms with Crippen molar-refractivity contribution in [2.75, 3.05) is 58.1 Å². The van der Waals surface area contributed by atoms with Crippen LogP contribution >= 0.6 is 0 Å². The maximum atomic E-state index is 12.9.